The summed E-state index contributed by atoms with van der Waals surface area (Å²) >= 11 is 1.54. The molecule has 3 heterocycles. The van der Waals surface area contributed by atoms with Crippen LogP contribution in [-0.2, 0) is 0 Å². The fraction of sp³-hybridized carbons (Fsp3) is 0.200. The third-order valence-electron chi connectivity index (χ3n) is 3.79. The van der Waals surface area contributed by atoms with Gasteiger partial charge in [0.1, 0.15) is 22.8 Å². The van der Waals surface area contributed by atoms with Crippen LogP contribution in [0.25, 0.3) is 22.4 Å². The number of hydrogen-bond donors (Lipinski definition) is 0. The van der Waals surface area contributed by atoms with Gasteiger partial charge in [-0.15, -0.1) is 11.3 Å². The molecule has 0 bridgehead atoms. The Morgan fingerprint density at radius 1 is 1.12 bits per heavy atom. The van der Waals surface area contributed by atoms with E-state index in [9.17, 15) is 0 Å². The summed E-state index contributed by atoms with van der Waals surface area (Å²) < 4.78 is 13.4. The molecular formula is C20H19N3O2S. The molecule has 0 aliphatic carbocycles. The van der Waals surface area contributed by atoms with Crippen molar-refractivity contribution in [3.63, 3.8) is 0 Å². The van der Waals surface area contributed by atoms with E-state index in [0.717, 1.165) is 33.0 Å². The van der Waals surface area contributed by atoms with Crippen molar-refractivity contribution in [1.82, 2.24) is 4.68 Å². The smallest absolute Gasteiger partial charge is 0.206 e. The molecule has 26 heavy (non-hydrogen) atoms. The van der Waals surface area contributed by atoms with Crippen LogP contribution >= 0.6 is 11.3 Å². The second-order valence-electron chi connectivity index (χ2n) is 6.28. The number of furan rings is 2. The molecule has 0 amide bonds. The SMILES string of the molecule is Cc1ccc(C=Nn2c(-c3cc4ccccc4o3)csc2=NC(C)C)o1. The lowest BCUT2D eigenvalue weighted by molar-refractivity contribution is 0.527. The van der Waals surface area contributed by atoms with Gasteiger partial charge in [-0.2, -0.15) is 5.10 Å². The zero-order valence-corrected chi connectivity index (χ0v) is 15.7. The minimum atomic E-state index is 0.171. The predicted octanol–water partition coefficient (Wildman–Crippen LogP) is 5.06. The van der Waals surface area contributed by atoms with Gasteiger partial charge in [-0.25, -0.2) is 4.68 Å². The summed E-state index contributed by atoms with van der Waals surface area (Å²) in [6.45, 7) is 6.00. The quantitative estimate of drug-likeness (QED) is 0.475. The van der Waals surface area contributed by atoms with Crippen LogP contribution in [0.2, 0.25) is 0 Å². The Morgan fingerprint density at radius 2 is 1.96 bits per heavy atom. The normalized spacial score (nSPS) is 12.8. The molecule has 0 radical (unpaired) electrons. The summed E-state index contributed by atoms with van der Waals surface area (Å²) in [5.74, 6) is 2.32. The molecule has 0 spiro atoms. The molecule has 6 heteroatoms. The van der Waals surface area contributed by atoms with Crippen LogP contribution in [0.3, 0.4) is 0 Å². The van der Waals surface area contributed by atoms with Crippen molar-refractivity contribution in [2.45, 2.75) is 26.8 Å². The molecule has 3 aromatic heterocycles. The van der Waals surface area contributed by atoms with E-state index < -0.39 is 0 Å². The highest BCUT2D eigenvalue weighted by molar-refractivity contribution is 7.07. The molecule has 4 aromatic rings. The largest absolute Gasteiger partial charge is 0.460 e. The lowest BCUT2D eigenvalue weighted by atomic mass is 10.2. The zero-order chi connectivity index (χ0) is 18.1. The molecule has 0 saturated heterocycles. The third-order valence-corrected chi connectivity index (χ3v) is 4.62. The first-order chi connectivity index (χ1) is 12.6. The van der Waals surface area contributed by atoms with Crippen molar-refractivity contribution >= 4 is 28.5 Å². The molecule has 1 aromatic carbocycles. The van der Waals surface area contributed by atoms with Crippen molar-refractivity contribution < 1.29 is 8.83 Å². The van der Waals surface area contributed by atoms with E-state index in [1.54, 1.807) is 22.2 Å². The average Bonchev–Trinajstić information content (AvgIpc) is 3.30. The monoisotopic (exact) mass is 365 g/mol. The highest BCUT2D eigenvalue weighted by Crippen LogP contribution is 2.28. The summed E-state index contributed by atoms with van der Waals surface area (Å²) in [5, 5.41) is 7.68. The molecule has 0 saturated carbocycles. The van der Waals surface area contributed by atoms with Gasteiger partial charge in [-0.05, 0) is 45.0 Å². The number of thiazole rings is 1. The van der Waals surface area contributed by atoms with Crippen molar-refractivity contribution in [2.75, 3.05) is 0 Å². The van der Waals surface area contributed by atoms with Gasteiger partial charge < -0.3 is 8.83 Å². The van der Waals surface area contributed by atoms with Gasteiger partial charge >= 0.3 is 0 Å². The molecule has 4 rings (SSSR count). The second-order valence-corrected chi connectivity index (χ2v) is 7.12. The Bertz CT molecular complexity index is 1110. The molecule has 0 N–H and O–H groups in total. The van der Waals surface area contributed by atoms with E-state index in [2.05, 4.69) is 10.1 Å². The fourth-order valence-corrected chi connectivity index (χ4v) is 3.59. The lowest BCUT2D eigenvalue weighted by Gasteiger charge is -2.01. The van der Waals surface area contributed by atoms with E-state index >= 15 is 0 Å². The highest BCUT2D eigenvalue weighted by Gasteiger charge is 2.13. The maximum Gasteiger partial charge on any atom is 0.206 e. The molecule has 0 unspecified atom stereocenters. The van der Waals surface area contributed by atoms with Crippen molar-refractivity contribution in [1.29, 1.82) is 0 Å². The Balaban J connectivity index is 1.84. The maximum atomic E-state index is 6.02. The number of nitrogens with zero attached hydrogens (tertiary/aromatic N) is 3. The zero-order valence-electron chi connectivity index (χ0n) is 14.8. The summed E-state index contributed by atoms with van der Waals surface area (Å²) in [6, 6.07) is 14.0. The van der Waals surface area contributed by atoms with Crippen LogP contribution in [0, 0.1) is 6.92 Å². The molecule has 0 aliphatic heterocycles. The number of fused-ring (bicyclic) bond motifs is 1. The lowest BCUT2D eigenvalue weighted by Crippen LogP contribution is -2.14. The van der Waals surface area contributed by atoms with Crippen LogP contribution in [0.4, 0.5) is 0 Å². The van der Waals surface area contributed by atoms with Gasteiger partial charge in [0.25, 0.3) is 0 Å². The third kappa shape index (κ3) is 3.28. The maximum absolute atomic E-state index is 6.02. The Labute approximate surface area is 154 Å². The van der Waals surface area contributed by atoms with Gasteiger partial charge in [0, 0.05) is 16.8 Å². The minimum Gasteiger partial charge on any atom is -0.460 e. The molecule has 132 valence electrons. The first kappa shape index (κ1) is 16.6. The molecule has 0 atom stereocenters. The van der Waals surface area contributed by atoms with Crippen molar-refractivity contribution in [3.05, 3.63) is 64.2 Å². The summed E-state index contributed by atoms with van der Waals surface area (Å²) in [5.41, 5.74) is 1.72. The van der Waals surface area contributed by atoms with Gasteiger partial charge in [-0.1, -0.05) is 18.2 Å². The summed E-state index contributed by atoms with van der Waals surface area (Å²) in [6.07, 6.45) is 1.70. The van der Waals surface area contributed by atoms with Crippen LogP contribution in [-0.4, -0.2) is 16.9 Å². The Hall–Kier alpha value is -2.86. The minimum absolute atomic E-state index is 0.171. The van der Waals surface area contributed by atoms with E-state index in [0.29, 0.717) is 5.76 Å². The van der Waals surface area contributed by atoms with Crippen molar-refractivity contribution in [3.8, 4) is 11.5 Å². The molecular weight excluding hydrogens is 346 g/mol. The van der Waals surface area contributed by atoms with Gasteiger partial charge in [-0.3, -0.25) is 4.99 Å². The Kier molecular flexibility index (Phi) is 4.34. The van der Waals surface area contributed by atoms with Crippen molar-refractivity contribution in [2.24, 2.45) is 10.1 Å². The average molecular weight is 365 g/mol. The topological polar surface area (TPSA) is 55.9 Å². The number of rotatable bonds is 4. The first-order valence-corrected chi connectivity index (χ1v) is 9.32. The number of para-hydroxylation sites is 1. The molecule has 0 aliphatic rings. The number of aryl methyl sites for hydroxylation is 1. The van der Waals surface area contributed by atoms with Crippen LogP contribution in [0.1, 0.15) is 25.4 Å². The molecule has 5 nitrogen and oxygen atoms in total. The standard InChI is InChI=1S/C20H19N3O2S/c1-13(2)22-20-23(21-11-16-9-8-14(3)24-16)17(12-26-20)19-10-15-6-4-5-7-18(15)25-19/h4-13H,1-3H3. The van der Waals surface area contributed by atoms with Gasteiger partial charge in [0.05, 0.1) is 6.21 Å². The number of aromatic nitrogens is 1. The highest BCUT2D eigenvalue weighted by atomic mass is 32.1. The van der Waals surface area contributed by atoms with Crippen LogP contribution in [0.5, 0.6) is 0 Å². The second kappa shape index (κ2) is 6.80. The summed E-state index contributed by atoms with van der Waals surface area (Å²) in [7, 11) is 0. The van der Waals surface area contributed by atoms with Crippen LogP contribution in [0.15, 0.2) is 66.8 Å². The number of hydrogen-bond acceptors (Lipinski definition) is 5. The predicted molar refractivity (Wildman–Crippen MR) is 105 cm³/mol. The van der Waals surface area contributed by atoms with E-state index in [1.807, 2.05) is 68.6 Å². The molecule has 0 fully saturated rings. The van der Waals surface area contributed by atoms with E-state index in [-0.39, 0.29) is 6.04 Å². The van der Waals surface area contributed by atoms with E-state index in [4.69, 9.17) is 8.83 Å². The van der Waals surface area contributed by atoms with E-state index in [1.165, 1.54) is 0 Å². The Morgan fingerprint density at radius 3 is 2.69 bits per heavy atom. The summed E-state index contributed by atoms with van der Waals surface area (Å²) in [4.78, 5) is 5.49. The number of benzene rings is 1. The van der Waals surface area contributed by atoms with Crippen LogP contribution < -0.4 is 4.80 Å². The fourth-order valence-electron chi connectivity index (χ4n) is 2.64. The first-order valence-electron chi connectivity index (χ1n) is 8.44. The van der Waals surface area contributed by atoms with Gasteiger partial charge in [0.2, 0.25) is 4.80 Å². The van der Waals surface area contributed by atoms with Gasteiger partial charge in [0.15, 0.2) is 5.76 Å².